The van der Waals surface area contributed by atoms with Crippen LogP contribution in [-0.4, -0.2) is 39.4 Å². The van der Waals surface area contributed by atoms with Gasteiger partial charge < -0.3 is 10.0 Å². The Balaban J connectivity index is 1.93. The van der Waals surface area contributed by atoms with Gasteiger partial charge in [0.2, 0.25) is 5.91 Å². The van der Waals surface area contributed by atoms with Crippen LogP contribution in [-0.2, 0) is 9.59 Å². The lowest BCUT2D eigenvalue weighted by Gasteiger charge is -2.24. The molecule has 1 fully saturated rings. The van der Waals surface area contributed by atoms with Gasteiger partial charge in [-0.3, -0.25) is 9.59 Å². The summed E-state index contributed by atoms with van der Waals surface area (Å²) in [7, 11) is 0. The molecule has 2 heterocycles. The number of carboxylic acid groups (broad SMARTS) is 1. The highest BCUT2D eigenvalue weighted by Gasteiger charge is 2.31. The van der Waals surface area contributed by atoms with Crippen molar-refractivity contribution in [3.8, 4) is 0 Å². The van der Waals surface area contributed by atoms with Crippen LogP contribution in [0.15, 0.2) is 17.5 Å². The number of likely N-dealkylation sites (tertiary alicyclic amines) is 1. The minimum Gasteiger partial charge on any atom is -0.480 e. The van der Waals surface area contributed by atoms with Crippen LogP contribution < -0.4 is 0 Å². The smallest absolute Gasteiger partial charge is 0.316 e. The van der Waals surface area contributed by atoms with Gasteiger partial charge in [0.25, 0.3) is 0 Å². The number of nitrogens with zero attached hydrogens (tertiary/aromatic N) is 1. The van der Waals surface area contributed by atoms with E-state index in [2.05, 4.69) is 6.07 Å². The van der Waals surface area contributed by atoms with Crippen LogP contribution >= 0.6 is 23.1 Å². The van der Waals surface area contributed by atoms with Crippen molar-refractivity contribution in [1.82, 2.24) is 4.90 Å². The number of hydrogen-bond donors (Lipinski definition) is 1. The Kier molecular flexibility index (Phi) is 5.48. The number of rotatable bonds is 6. The standard InChI is InChI=1S/C14H19NO3S2/c1-2-11(14(17)18)20-9-13(16)15-7-3-5-10(15)12-6-4-8-19-12/h4,6,8,10-11H,2-3,5,7,9H2,1H3,(H,17,18). The molecular weight excluding hydrogens is 294 g/mol. The van der Waals surface area contributed by atoms with E-state index in [1.165, 1.54) is 16.6 Å². The van der Waals surface area contributed by atoms with E-state index in [0.29, 0.717) is 6.42 Å². The highest BCUT2D eigenvalue weighted by atomic mass is 32.2. The van der Waals surface area contributed by atoms with E-state index in [1.54, 1.807) is 11.3 Å². The maximum atomic E-state index is 12.3. The van der Waals surface area contributed by atoms with Gasteiger partial charge in [0, 0.05) is 11.4 Å². The first-order valence-corrected chi connectivity index (χ1v) is 8.73. The lowest BCUT2D eigenvalue weighted by Crippen LogP contribution is -2.32. The number of amides is 1. The molecule has 1 amide bonds. The summed E-state index contributed by atoms with van der Waals surface area (Å²) in [6.07, 6.45) is 2.57. The van der Waals surface area contributed by atoms with Gasteiger partial charge in [0.1, 0.15) is 5.25 Å². The lowest BCUT2D eigenvalue weighted by molar-refractivity contribution is -0.136. The number of thioether (sulfide) groups is 1. The molecule has 2 atom stereocenters. The third-order valence-electron chi connectivity index (χ3n) is 3.50. The van der Waals surface area contributed by atoms with E-state index in [4.69, 9.17) is 5.11 Å². The largest absolute Gasteiger partial charge is 0.480 e. The number of hydrogen-bond acceptors (Lipinski definition) is 4. The van der Waals surface area contributed by atoms with Crippen molar-refractivity contribution in [3.63, 3.8) is 0 Å². The fourth-order valence-corrected chi connectivity index (χ4v) is 4.22. The summed E-state index contributed by atoms with van der Waals surface area (Å²) in [6, 6.07) is 4.26. The molecule has 0 radical (unpaired) electrons. The van der Waals surface area contributed by atoms with E-state index in [9.17, 15) is 9.59 Å². The van der Waals surface area contributed by atoms with Crippen molar-refractivity contribution < 1.29 is 14.7 Å². The zero-order chi connectivity index (χ0) is 14.5. The SMILES string of the molecule is CCC(SCC(=O)N1CCCC1c1cccs1)C(=O)O. The van der Waals surface area contributed by atoms with Crippen molar-refractivity contribution in [1.29, 1.82) is 0 Å². The quantitative estimate of drug-likeness (QED) is 0.877. The zero-order valence-corrected chi connectivity index (χ0v) is 13.1. The Morgan fingerprint density at radius 1 is 1.60 bits per heavy atom. The second kappa shape index (κ2) is 7.13. The van der Waals surface area contributed by atoms with Gasteiger partial charge >= 0.3 is 5.97 Å². The highest BCUT2D eigenvalue weighted by Crippen LogP contribution is 2.35. The second-order valence-electron chi connectivity index (χ2n) is 4.81. The molecule has 1 aromatic rings. The van der Waals surface area contributed by atoms with Crippen LogP contribution in [0.4, 0.5) is 0 Å². The Morgan fingerprint density at radius 2 is 2.40 bits per heavy atom. The number of carboxylic acids is 1. The van der Waals surface area contributed by atoms with Crippen LogP contribution in [0.2, 0.25) is 0 Å². The normalized spacial score (nSPS) is 20.1. The molecule has 20 heavy (non-hydrogen) atoms. The molecule has 110 valence electrons. The average molecular weight is 313 g/mol. The van der Waals surface area contributed by atoms with Crippen LogP contribution in [0.1, 0.15) is 37.1 Å². The van der Waals surface area contributed by atoms with E-state index < -0.39 is 11.2 Å². The van der Waals surface area contributed by atoms with Crippen molar-refractivity contribution in [2.75, 3.05) is 12.3 Å². The van der Waals surface area contributed by atoms with Crippen LogP contribution in [0, 0.1) is 0 Å². The van der Waals surface area contributed by atoms with E-state index >= 15 is 0 Å². The minimum absolute atomic E-state index is 0.0607. The fourth-order valence-electron chi connectivity index (χ4n) is 2.46. The van der Waals surface area contributed by atoms with Crippen LogP contribution in [0.3, 0.4) is 0 Å². The molecule has 1 aliphatic heterocycles. The van der Waals surface area contributed by atoms with Gasteiger partial charge in [-0.2, -0.15) is 0 Å². The molecule has 6 heteroatoms. The molecular formula is C14H19NO3S2. The summed E-state index contributed by atoms with van der Waals surface area (Å²) < 4.78 is 0. The summed E-state index contributed by atoms with van der Waals surface area (Å²) in [5.74, 6) is -0.515. The summed E-state index contributed by atoms with van der Waals surface area (Å²) in [6.45, 7) is 2.62. The van der Waals surface area contributed by atoms with Crippen LogP contribution in [0.25, 0.3) is 0 Å². The fraction of sp³-hybridized carbons (Fsp3) is 0.571. The first-order chi connectivity index (χ1) is 9.63. The first-order valence-electron chi connectivity index (χ1n) is 6.80. The molecule has 2 unspecified atom stereocenters. The van der Waals surface area contributed by atoms with Crippen molar-refractivity contribution >= 4 is 35.0 Å². The lowest BCUT2D eigenvalue weighted by atomic mass is 10.2. The molecule has 1 aliphatic rings. The summed E-state index contributed by atoms with van der Waals surface area (Å²) >= 11 is 2.92. The van der Waals surface area contributed by atoms with Gasteiger partial charge in [-0.25, -0.2) is 0 Å². The molecule has 2 rings (SSSR count). The van der Waals surface area contributed by atoms with E-state index in [-0.39, 0.29) is 17.7 Å². The number of thiophene rings is 1. The number of carbonyl (C=O) groups excluding carboxylic acids is 1. The van der Waals surface area contributed by atoms with Gasteiger partial charge in [-0.1, -0.05) is 13.0 Å². The predicted molar refractivity (Wildman–Crippen MR) is 82.2 cm³/mol. The topological polar surface area (TPSA) is 57.6 Å². The molecule has 4 nitrogen and oxygen atoms in total. The predicted octanol–water partition coefficient (Wildman–Crippen LogP) is 3.01. The second-order valence-corrected chi connectivity index (χ2v) is 6.98. The van der Waals surface area contributed by atoms with Crippen LogP contribution in [0.5, 0.6) is 0 Å². The van der Waals surface area contributed by atoms with E-state index in [1.807, 2.05) is 23.3 Å². The van der Waals surface area contributed by atoms with Gasteiger partial charge in [-0.15, -0.1) is 23.1 Å². The van der Waals surface area contributed by atoms with Gasteiger partial charge in [-0.05, 0) is 30.7 Å². The Bertz CT molecular complexity index is 461. The highest BCUT2D eigenvalue weighted by molar-refractivity contribution is 8.01. The first kappa shape index (κ1) is 15.4. The Morgan fingerprint density at radius 3 is 3.00 bits per heavy atom. The van der Waals surface area contributed by atoms with Crippen molar-refractivity contribution in [3.05, 3.63) is 22.4 Å². The number of aliphatic carboxylic acids is 1. The van der Waals surface area contributed by atoms with Crippen molar-refractivity contribution in [2.45, 2.75) is 37.5 Å². The van der Waals surface area contributed by atoms with Gasteiger partial charge in [0.15, 0.2) is 0 Å². The molecule has 1 saturated heterocycles. The molecule has 0 bridgehead atoms. The molecule has 0 saturated carbocycles. The van der Waals surface area contributed by atoms with Gasteiger partial charge in [0.05, 0.1) is 11.8 Å². The molecule has 0 aromatic carbocycles. The monoisotopic (exact) mass is 313 g/mol. The third kappa shape index (κ3) is 3.55. The summed E-state index contributed by atoms with van der Waals surface area (Å²) in [4.78, 5) is 26.4. The molecule has 0 aliphatic carbocycles. The third-order valence-corrected chi connectivity index (χ3v) is 5.82. The summed E-state index contributed by atoms with van der Waals surface area (Å²) in [5, 5.41) is 10.6. The molecule has 1 aromatic heterocycles. The summed E-state index contributed by atoms with van der Waals surface area (Å²) in [5.41, 5.74) is 0. The van der Waals surface area contributed by atoms with Crippen molar-refractivity contribution in [2.24, 2.45) is 0 Å². The Labute approximate surface area is 127 Å². The molecule has 1 N–H and O–H groups in total. The average Bonchev–Trinajstić information content (AvgIpc) is 3.09. The molecule has 0 spiro atoms. The van der Waals surface area contributed by atoms with E-state index in [0.717, 1.165) is 19.4 Å². The zero-order valence-electron chi connectivity index (χ0n) is 11.4. The number of carbonyl (C=O) groups is 2. The Hall–Kier alpha value is -1.01. The maximum Gasteiger partial charge on any atom is 0.316 e. The maximum absolute atomic E-state index is 12.3. The minimum atomic E-state index is -0.832.